The minimum Gasteiger partial charge on any atom is -0.372 e. The zero-order valence-electron chi connectivity index (χ0n) is 15.9. The number of rotatable bonds is 8. The standard InChI is InChI=1S/C19H30N2O4S/c1-15(2)10-13-25-14-19(22)20-17-4-6-18(7-5-17)26(23,24)21-11-8-16(3)9-12-21/h4-7,15-16H,8-14H2,1-3H3,(H,20,22). The van der Waals surface area contributed by atoms with Crippen LogP contribution >= 0.6 is 0 Å². The largest absolute Gasteiger partial charge is 0.372 e. The molecular formula is C19H30N2O4S. The summed E-state index contributed by atoms with van der Waals surface area (Å²) in [5.41, 5.74) is 0.564. The molecule has 1 N–H and O–H groups in total. The first-order chi connectivity index (χ1) is 12.3. The van der Waals surface area contributed by atoms with Gasteiger partial charge >= 0.3 is 0 Å². The fourth-order valence-electron chi connectivity index (χ4n) is 2.77. The van der Waals surface area contributed by atoms with Gasteiger partial charge in [0.25, 0.3) is 0 Å². The Bertz CT molecular complexity index is 678. The second kappa shape index (κ2) is 9.48. The number of amides is 1. The molecule has 0 aliphatic carbocycles. The molecule has 0 spiro atoms. The fourth-order valence-corrected chi connectivity index (χ4v) is 4.24. The zero-order chi connectivity index (χ0) is 19.2. The summed E-state index contributed by atoms with van der Waals surface area (Å²) in [4.78, 5) is 12.1. The van der Waals surface area contributed by atoms with Crippen molar-refractivity contribution in [2.45, 2.75) is 44.9 Å². The third-order valence-electron chi connectivity index (χ3n) is 4.59. The molecular weight excluding hydrogens is 352 g/mol. The maximum absolute atomic E-state index is 12.7. The summed E-state index contributed by atoms with van der Waals surface area (Å²) in [6.07, 6.45) is 2.70. The van der Waals surface area contributed by atoms with E-state index in [1.165, 1.54) is 0 Å². The smallest absolute Gasteiger partial charge is 0.250 e. The summed E-state index contributed by atoms with van der Waals surface area (Å²) in [6.45, 7) is 8.03. The van der Waals surface area contributed by atoms with Crippen molar-refractivity contribution < 1.29 is 17.9 Å². The summed E-state index contributed by atoms with van der Waals surface area (Å²) in [5.74, 6) is 0.867. The molecule has 2 rings (SSSR count). The van der Waals surface area contributed by atoms with Crippen molar-refractivity contribution in [3.8, 4) is 0 Å². The van der Waals surface area contributed by atoms with E-state index in [1.54, 1.807) is 28.6 Å². The van der Waals surface area contributed by atoms with Crippen LogP contribution < -0.4 is 5.32 Å². The molecule has 0 atom stereocenters. The molecule has 1 saturated heterocycles. The summed E-state index contributed by atoms with van der Waals surface area (Å²) >= 11 is 0. The Morgan fingerprint density at radius 1 is 1.23 bits per heavy atom. The fraction of sp³-hybridized carbons (Fsp3) is 0.632. The van der Waals surface area contributed by atoms with Crippen LogP contribution in [0, 0.1) is 11.8 Å². The van der Waals surface area contributed by atoms with Crippen LogP contribution in [0.1, 0.15) is 40.0 Å². The van der Waals surface area contributed by atoms with Crippen LogP contribution in [0.2, 0.25) is 0 Å². The first-order valence-corrected chi connectivity index (χ1v) is 10.7. The molecule has 0 unspecified atom stereocenters. The van der Waals surface area contributed by atoms with E-state index in [0.29, 0.717) is 37.2 Å². The highest BCUT2D eigenvalue weighted by Crippen LogP contribution is 2.24. The molecule has 0 saturated carbocycles. The number of piperidine rings is 1. The summed E-state index contributed by atoms with van der Waals surface area (Å²) in [6, 6.07) is 6.32. The van der Waals surface area contributed by atoms with Gasteiger partial charge in [0.1, 0.15) is 6.61 Å². The summed E-state index contributed by atoms with van der Waals surface area (Å²) in [5, 5.41) is 2.72. The third-order valence-corrected chi connectivity index (χ3v) is 6.50. The molecule has 0 aromatic heterocycles. The maximum Gasteiger partial charge on any atom is 0.250 e. The predicted molar refractivity (Wildman–Crippen MR) is 103 cm³/mol. The Hall–Kier alpha value is -1.44. The van der Waals surface area contributed by atoms with Crippen LogP contribution in [0.15, 0.2) is 29.2 Å². The molecule has 1 fully saturated rings. The molecule has 1 aliphatic heterocycles. The number of hydrogen-bond donors (Lipinski definition) is 1. The lowest BCUT2D eigenvalue weighted by atomic mass is 10.0. The Morgan fingerprint density at radius 2 is 1.85 bits per heavy atom. The number of sulfonamides is 1. The normalized spacial score (nSPS) is 16.8. The molecule has 7 heteroatoms. The number of anilines is 1. The first kappa shape index (κ1) is 20.9. The maximum atomic E-state index is 12.7. The van der Waals surface area contributed by atoms with Gasteiger partial charge in [0, 0.05) is 25.4 Å². The van der Waals surface area contributed by atoms with Gasteiger partial charge in [-0.15, -0.1) is 0 Å². The second-order valence-electron chi connectivity index (χ2n) is 7.39. The lowest BCUT2D eigenvalue weighted by Crippen LogP contribution is -2.37. The van der Waals surface area contributed by atoms with E-state index in [2.05, 4.69) is 26.1 Å². The van der Waals surface area contributed by atoms with Gasteiger partial charge in [-0.05, 0) is 55.4 Å². The SMILES string of the molecule is CC(C)CCOCC(=O)Nc1ccc(S(=O)(=O)N2CCC(C)CC2)cc1. The molecule has 0 bridgehead atoms. The molecule has 1 aromatic carbocycles. The van der Waals surface area contributed by atoms with Crippen molar-refractivity contribution in [1.82, 2.24) is 4.31 Å². The highest BCUT2D eigenvalue weighted by molar-refractivity contribution is 7.89. The van der Waals surface area contributed by atoms with Gasteiger partial charge in [-0.3, -0.25) is 4.79 Å². The van der Waals surface area contributed by atoms with Gasteiger partial charge in [0.15, 0.2) is 0 Å². The van der Waals surface area contributed by atoms with Crippen LogP contribution in [-0.4, -0.2) is 44.9 Å². The van der Waals surface area contributed by atoms with Gasteiger partial charge in [0.05, 0.1) is 4.90 Å². The molecule has 146 valence electrons. The molecule has 1 heterocycles. The average molecular weight is 383 g/mol. The number of nitrogens with one attached hydrogen (secondary N) is 1. The lowest BCUT2D eigenvalue weighted by molar-refractivity contribution is -0.120. The van der Waals surface area contributed by atoms with Crippen LogP contribution in [0.4, 0.5) is 5.69 Å². The van der Waals surface area contributed by atoms with E-state index in [4.69, 9.17) is 4.74 Å². The van der Waals surface area contributed by atoms with Gasteiger partial charge < -0.3 is 10.1 Å². The topological polar surface area (TPSA) is 75.7 Å². The van der Waals surface area contributed by atoms with E-state index in [-0.39, 0.29) is 17.4 Å². The van der Waals surface area contributed by atoms with Crippen LogP contribution in [0.25, 0.3) is 0 Å². The molecule has 1 aromatic rings. The Labute approximate surface area is 157 Å². The van der Waals surface area contributed by atoms with Crippen molar-refractivity contribution >= 4 is 21.6 Å². The van der Waals surface area contributed by atoms with E-state index >= 15 is 0 Å². The number of benzene rings is 1. The van der Waals surface area contributed by atoms with E-state index < -0.39 is 10.0 Å². The minimum absolute atomic E-state index is 0.00126. The monoisotopic (exact) mass is 382 g/mol. The Balaban J connectivity index is 1.88. The van der Waals surface area contributed by atoms with Crippen molar-refractivity contribution in [2.24, 2.45) is 11.8 Å². The second-order valence-corrected chi connectivity index (χ2v) is 9.33. The summed E-state index contributed by atoms with van der Waals surface area (Å²) in [7, 11) is -3.46. The average Bonchev–Trinajstić information content (AvgIpc) is 2.59. The highest BCUT2D eigenvalue weighted by atomic mass is 32.2. The number of carbonyl (C=O) groups excluding carboxylic acids is 1. The van der Waals surface area contributed by atoms with Gasteiger partial charge in [0.2, 0.25) is 15.9 Å². The van der Waals surface area contributed by atoms with E-state index in [9.17, 15) is 13.2 Å². The first-order valence-electron chi connectivity index (χ1n) is 9.27. The third kappa shape index (κ3) is 6.07. The number of nitrogens with zero attached hydrogens (tertiary/aromatic N) is 1. The van der Waals surface area contributed by atoms with E-state index in [1.807, 2.05) is 0 Å². The highest BCUT2D eigenvalue weighted by Gasteiger charge is 2.27. The van der Waals surface area contributed by atoms with Crippen molar-refractivity contribution in [3.63, 3.8) is 0 Å². The minimum atomic E-state index is -3.46. The van der Waals surface area contributed by atoms with Gasteiger partial charge in [-0.25, -0.2) is 8.42 Å². The quantitative estimate of drug-likeness (QED) is 0.701. The van der Waals surface area contributed by atoms with Crippen molar-refractivity contribution in [1.29, 1.82) is 0 Å². The summed E-state index contributed by atoms with van der Waals surface area (Å²) < 4.78 is 32.2. The van der Waals surface area contributed by atoms with E-state index in [0.717, 1.165) is 19.3 Å². The number of carbonyl (C=O) groups is 1. The van der Waals surface area contributed by atoms with Crippen LogP contribution in [0.5, 0.6) is 0 Å². The van der Waals surface area contributed by atoms with Crippen molar-refractivity contribution in [3.05, 3.63) is 24.3 Å². The predicted octanol–water partition coefficient (Wildman–Crippen LogP) is 3.11. The molecule has 1 aliphatic rings. The number of ether oxygens (including phenoxy) is 1. The van der Waals surface area contributed by atoms with Gasteiger partial charge in [-0.2, -0.15) is 4.31 Å². The Morgan fingerprint density at radius 3 is 2.42 bits per heavy atom. The zero-order valence-corrected chi connectivity index (χ0v) is 16.7. The van der Waals surface area contributed by atoms with Crippen molar-refractivity contribution in [2.75, 3.05) is 31.6 Å². The molecule has 1 amide bonds. The van der Waals surface area contributed by atoms with Crippen LogP contribution in [0.3, 0.4) is 0 Å². The molecule has 6 nitrogen and oxygen atoms in total. The Kier molecular flexibility index (Phi) is 7.61. The number of hydrogen-bond acceptors (Lipinski definition) is 4. The van der Waals surface area contributed by atoms with Crippen LogP contribution in [-0.2, 0) is 19.6 Å². The molecule has 0 radical (unpaired) electrons. The lowest BCUT2D eigenvalue weighted by Gasteiger charge is -2.29. The van der Waals surface area contributed by atoms with Gasteiger partial charge in [-0.1, -0.05) is 20.8 Å². The molecule has 26 heavy (non-hydrogen) atoms.